The predicted molar refractivity (Wildman–Crippen MR) is 65.5 cm³/mol. The monoisotopic (exact) mass is 244 g/mol. The standard InChI is InChI=1S/C13H12N2O3/c1-18-6-5-15-8-11(13(16)17)10-4-2-3-9(7-14)12(10)15/h2-4,8H,5-6H2,1H3,(H,16,17). The summed E-state index contributed by atoms with van der Waals surface area (Å²) in [6.07, 6.45) is 1.55. The van der Waals surface area contributed by atoms with Gasteiger partial charge in [-0.2, -0.15) is 5.26 Å². The van der Waals surface area contributed by atoms with E-state index in [9.17, 15) is 4.79 Å². The maximum atomic E-state index is 11.2. The number of carbonyl (C=O) groups is 1. The Morgan fingerprint density at radius 1 is 1.56 bits per heavy atom. The summed E-state index contributed by atoms with van der Waals surface area (Å²) in [5.74, 6) is -0.994. The van der Waals surface area contributed by atoms with Crippen LogP contribution in [0.5, 0.6) is 0 Å². The van der Waals surface area contributed by atoms with Crippen molar-refractivity contribution in [1.29, 1.82) is 5.26 Å². The molecule has 1 N–H and O–H groups in total. The van der Waals surface area contributed by atoms with Gasteiger partial charge in [0.2, 0.25) is 0 Å². The molecule has 0 spiro atoms. The lowest BCUT2D eigenvalue weighted by Gasteiger charge is -2.04. The average molecular weight is 244 g/mol. The van der Waals surface area contributed by atoms with Crippen LogP contribution in [0.1, 0.15) is 15.9 Å². The van der Waals surface area contributed by atoms with Crippen LogP contribution in [0.2, 0.25) is 0 Å². The number of nitrogens with zero attached hydrogens (tertiary/aromatic N) is 2. The molecular weight excluding hydrogens is 232 g/mol. The fourth-order valence-corrected chi connectivity index (χ4v) is 1.99. The fraction of sp³-hybridized carbons (Fsp3) is 0.231. The molecule has 0 atom stereocenters. The number of ether oxygens (including phenoxy) is 1. The number of aromatic carboxylic acids is 1. The number of benzene rings is 1. The molecule has 2 aromatic rings. The number of para-hydroxylation sites is 1. The van der Waals surface area contributed by atoms with E-state index >= 15 is 0 Å². The summed E-state index contributed by atoms with van der Waals surface area (Å²) in [6, 6.07) is 7.16. The number of rotatable bonds is 4. The number of carboxylic acid groups (broad SMARTS) is 1. The molecular formula is C13H12N2O3. The minimum atomic E-state index is -0.994. The van der Waals surface area contributed by atoms with Crippen LogP contribution in [0.15, 0.2) is 24.4 Å². The zero-order valence-corrected chi connectivity index (χ0v) is 9.88. The van der Waals surface area contributed by atoms with Crippen molar-refractivity contribution in [3.05, 3.63) is 35.5 Å². The second-order valence-electron chi connectivity index (χ2n) is 3.85. The number of hydrogen-bond acceptors (Lipinski definition) is 3. The first-order valence-electron chi connectivity index (χ1n) is 5.43. The minimum Gasteiger partial charge on any atom is -0.478 e. The third-order valence-electron chi connectivity index (χ3n) is 2.79. The number of methoxy groups -OCH3 is 1. The van der Waals surface area contributed by atoms with Crippen molar-refractivity contribution < 1.29 is 14.6 Å². The van der Waals surface area contributed by atoms with Crippen LogP contribution >= 0.6 is 0 Å². The third kappa shape index (κ3) is 1.94. The van der Waals surface area contributed by atoms with Gasteiger partial charge in [0.25, 0.3) is 0 Å². The molecule has 5 nitrogen and oxygen atoms in total. The highest BCUT2D eigenvalue weighted by Gasteiger charge is 2.16. The van der Waals surface area contributed by atoms with Gasteiger partial charge >= 0.3 is 5.97 Å². The minimum absolute atomic E-state index is 0.207. The van der Waals surface area contributed by atoms with Gasteiger partial charge in [-0.1, -0.05) is 12.1 Å². The molecule has 18 heavy (non-hydrogen) atoms. The Morgan fingerprint density at radius 3 is 2.94 bits per heavy atom. The molecule has 92 valence electrons. The molecule has 1 heterocycles. The van der Waals surface area contributed by atoms with E-state index in [4.69, 9.17) is 15.1 Å². The van der Waals surface area contributed by atoms with Gasteiger partial charge in [0.05, 0.1) is 23.3 Å². The summed E-state index contributed by atoms with van der Waals surface area (Å²) in [7, 11) is 1.58. The van der Waals surface area contributed by atoms with Gasteiger partial charge in [-0.05, 0) is 6.07 Å². The molecule has 0 radical (unpaired) electrons. The number of nitriles is 1. The van der Waals surface area contributed by atoms with Crippen LogP contribution in [-0.4, -0.2) is 29.4 Å². The molecule has 0 fully saturated rings. The fourth-order valence-electron chi connectivity index (χ4n) is 1.99. The average Bonchev–Trinajstić information content (AvgIpc) is 2.75. The summed E-state index contributed by atoms with van der Waals surface area (Å²) >= 11 is 0. The zero-order chi connectivity index (χ0) is 13.1. The first-order chi connectivity index (χ1) is 8.69. The van der Waals surface area contributed by atoms with Crippen LogP contribution in [0.3, 0.4) is 0 Å². The number of aromatic nitrogens is 1. The van der Waals surface area contributed by atoms with E-state index < -0.39 is 5.97 Å². The van der Waals surface area contributed by atoms with E-state index in [1.54, 1.807) is 36.1 Å². The van der Waals surface area contributed by atoms with Crippen LogP contribution in [0.4, 0.5) is 0 Å². The molecule has 0 aliphatic rings. The van der Waals surface area contributed by atoms with Crippen molar-refractivity contribution in [3.8, 4) is 6.07 Å². The second kappa shape index (κ2) is 4.90. The first kappa shape index (κ1) is 12.1. The Morgan fingerprint density at radius 2 is 2.33 bits per heavy atom. The smallest absolute Gasteiger partial charge is 0.337 e. The summed E-state index contributed by atoms with van der Waals surface area (Å²) < 4.78 is 6.74. The molecule has 0 aliphatic carbocycles. The van der Waals surface area contributed by atoms with Crippen LogP contribution in [0.25, 0.3) is 10.9 Å². The molecule has 1 aromatic carbocycles. The lowest BCUT2D eigenvalue weighted by Crippen LogP contribution is -2.03. The Labute approximate surface area is 104 Å². The van der Waals surface area contributed by atoms with Crippen LogP contribution < -0.4 is 0 Å². The van der Waals surface area contributed by atoms with Crippen molar-refractivity contribution >= 4 is 16.9 Å². The van der Waals surface area contributed by atoms with E-state index in [1.165, 1.54) is 0 Å². The lowest BCUT2D eigenvalue weighted by molar-refractivity contribution is 0.0698. The summed E-state index contributed by atoms with van der Waals surface area (Å²) in [5.41, 5.74) is 1.32. The molecule has 0 saturated heterocycles. The largest absolute Gasteiger partial charge is 0.478 e. The Balaban J connectivity index is 2.69. The van der Waals surface area contributed by atoms with Gasteiger partial charge in [0, 0.05) is 25.2 Å². The third-order valence-corrected chi connectivity index (χ3v) is 2.79. The first-order valence-corrected chi connectivity index (χ1v) is 5.43. The molecule has 0 aliphatic heterocycles. The normalized spacial score (nSPS) is 10.4. The van der Waals surface area contributed by atoms with Gasteiger partial charge in [-0.25, -0.2) is 4.79 Å². The number of hydrogen-bond donors (Lipinski definition) is 1. The van der Waals surface area contributed by atoms with Gasteiger partial charge < -0.3 is 14.4 Å². The van der Waals surface area contributed by atoms with E-state index in [-0.39, 0.29) is 5.56 Å². The van der Waals surface area contributed by atoms with Crippen molar-refractivity contribution in [3.63, 3.8) is 0 Å². The summed E-state index contributed by atoms with van der Waals surface area (Å²) in [4.78, 5) is 11.2. The quantitative estimate of drug-likeness (QED) is 0.890. The topological polar surface area (TPSA) is 75.2 Å². The number of carboxylic acids is 1. The zero-order valence-electron chi connectivity index (χ0n) is 9.88. The SMILES string of the molecule is COCCn1cc(C(=O)O)c2cccc(C#N)c21. The van der Waals surface area contributed by atoms with E-state index in [1.807, 2.05) is 0 Å². The van der Waals surface area contributed by atoms with Gasteiger partial charge in [-0.15, -0.1) is 0 Å². The number of fused-ring (bicyclic) bond motifs is 1. The highest BCUT2D eigenvalue weighted by Crippen LogP contribution is 2.24. The molecule has 0 amide bonds. The Bertz CT molecular complexity index is 637. The predicted octanol–water partition coefficient (Wildman–Crippen LogP) is 1.86. The summed E-state index contributed by atoms with van der Waals surface area (Å²) in [6.45, 7) is 0.974. The van der Waals surface area contributed by atoms with Gasteiger partial charge in [-0.3, -0.25) is 0 Å². The Hall–Kier alpha value is -2.32. The van der Waals surface area contributed by atoms with Crippen molar-refractivity contribution in [1.82, 2.24) is 4.57 Å². The molecule has 1 aromatic heterocycles. The van der Waals surface area contributed by atoms with Crippen molar-refractivity contribution in [2.75, 3.05) is 13.7 Å². The molecule has 0 bridgehead atoms. The highest BCUT2D eigenvalue weighted by molar-refractivity contribution is 6.04. The molecule has 0 saturated carbocycles. The second-order valence-corrected chi connectivity index (χ2v) is 3.85. The maximum absolute atomic E-state index is 11.2. The van der Waals surface area contributed by atoms with Gasteiger partial charge in [0.15, 0.2) is 0 Å². The van der Waals surface area contributed by atoms with Crippen LogP contribution in [0, 0.1) is 11.3 Å². The van der Waals surface area contributed by atoms with Crippen LogP contribution in [-0.2, 0) is 11.3 Å². The van der Waals surface area contributed by atoms with E-state index in [2.05, 4.69) is 6.07 Å². The van der Waals surface area contributed by atoms with E-state index in [0.717, 1.165) is 0 Å². The van der Waals surface area contributed by atoms with Crippen molar-refractivity contribution in [2.24, 2.45) is 0 Å². The molecule has 0 unspecified atom stereocenters. The van der Waals surface area contributed by atoms with Crippen molar-refractivity contribution in [2.45, 2.75) is 6.54 Å². The Kier molecular flexibility index (Phi) is 3.31. The highest BCUT2D eigenvalue weighted by atomic mass is 16.5. The molecule has 2 rings (SSSR count). The maximum Gasteiger partial charge on any atom is 0.337 e. The van der Waals surface area contributed by atoms with Gasteiger partial charge in [0.1, 0.15) is 6.07 Å². The molecule has 5 heteroatoms. The van der Waals surface area contributed by atoms with E-state index in [0.29, 0.717) is 29.6 Å². The summed E-state index contributed by atoms with van der Waals surface area (Å²) in [5, 5.41) is 18.8. The lowest BCUT2D eigenvalue weighted by atomic mass is 10.1.